The van der Waals surface area contributed by atoms with E-state index in [9.17, 15) is 4.79 Å². The zero-order valence-electron chi connectivity index (χ0n) is 17.6. The Bertz CT molecular complexity index is 555. The number of rotatable bonds is 3. The quantitative estimate of drug-likeness (QED) is 0.761. The number of amides is 1. The standard InChI is InChI=1S/C18H26N2O.2C2H6/c1-5-18(14-10-11-20(12-14)13(2)3)15-8-6-7-9-16(15)19(4)17(18)21;2*1-2/h6-9,13-14H,5,10-12H2,1-4H3;2*1-2H3. The van der Waals surface area contributed by atoms with E-state index in [2.05, 4.69) is 43.9 Å². The topological polar surface area (TPSA) is 23.6 Å². The Hall–Kier alpha value is -1.35. The molecule has 0 aliphatic carbocycles. The van der Waals surface area contributed by atoms with Crippen molar-refractivity contribution in [3.63, 3.8) is 0 Å². The average Bonchev–Trinajstić information content (AvgIpc) is 3.23. The van der Waals surface area contributed by atoms with Gasteiger partial charge >= 0.3 is 0 Å². The number of carbonyl (C=O) groups excluding carboxylic acids is 1. The molecule has 1 saturated heterocycles. The maximum absolute atomic E-state index is 13.1. The second-order valence-electron chi connectivity index (χ2n) is 6.78. The summed E-state index contributed by atoms with van der Waals surface area (Å²) in [5.74, 6) is 0.727. The van der Waals surface area contributed by atoms with Crippen LogP contribution in [0.25, 0.3) is 0 Å². The normalized spacial score (nSPS) is 25.2. The van der Waals surface area contributed by atoms with E-state index in [1.165, 1.54) is 5.56 Å². The van der Waals surface area contributed by atoms with Crippen LogP contribution >= 0.6 is 0 Å². The Morgan fingerprint density at radius 1 is 1.16 bits per heavy atom. The molecule has 0 bridgehead atoms. The van der Waals surface area contributed by atoms with Gasteiger partial charge in [-0.05, 0) is 50.8 Å². The van der Waals surface area contributed by atoms with Crippen LogP contribution in [0.2, 0.25) is 0 Å². The summed E-state index contributed by atoms with van der Waals surface area (Å²) in [5.41, 5.74) is 2.04. The molecule has 3 heteroatoms. The Morgan fingerprint density at radius 3 is 2.28 bits per heavy atom. The third-order valence-electron chi connectivity index (χ3n) is 5.64. The van der Waals surface area contributed by atoms with Gasteiger partial charge in [-0.15, -0.1) is 0 Å². The number of anilines is 1. The monoisotopic (exact) mass is 346 g/mol. The highest BCUT2D eigenvalue weighted by atomic mass is 16.2. The molecule has 2 heterocycles. The van der Waals surface area contributed by atoms with Crippen molar-refractivity contribution >= 4 is 11.6 Å². The van der Waals surface area contributed by atoms with Crippen LogP contribution in [-0.2, 0) is 10.2 Å². The van der Waals surface area contributed by atoms with Crippen LogP contribution in [0.4, 0.5) is 5.69 Å². The fourth-order valence-corrected chi connectivity index (χ4v) is 4.35. The minimum atomic E-state index is -0.311. The number of likely N-dealkylation sites (N-methyl/N-ethyl adjacent to an activating group) is 1. The summed E-state index contributed by atoms with van der Waals surface area (Å²) in [5, 5.41) is 0. The van der Waals surface area contributed by atoms with Crippen LogP contribution in [0, 0.1) is 5.92 Å². The molecule has 0 aromatic heterocycles. The number of hydrogen-bond acceptors (Lipinski definition) is 2. The molecule has 2 aliphatic heterocycles. The van der Waals surface area contributed by atoms with Gasteiger partial charge in [0, 0.05) is 25.3 Å². The van der Waals surface area contributed by atoms with Crippen molar-refractivity contribution in [2.45, 2.75) is 72.8 Å². The lowest BCUT2D eigenvalue weighted by atomic mass is 9.68. The van der Waals surface area contributed by atoms with Gasteiger partial charge in [-0.2, -0.15) is 0 Å². The van der Waals surface area contributed by atoms with Crippen molar-refractivity contribution in [1.29, 1.82) is 0 Å². The maximum atomic E-state index is 13.1. The summed E-state index contributed by atoms with van der Waals surface area (Å²) in [6.45, 7) is 16.8. The van der Waals surface area contributed by atoms with E-state index in [-0.39, 0.29) is 5.41 Å². The van der Waals surface area contributed by atoms with Crippen molar-refractivity contribution in [1.82, 2.24) is 4.90 Å². The predicted molar refractivity (Wildman–Crippen MR) is 109 cm³/mol. The first-order chi connectivity index (χ1) is 12.0. The zero-order chi connectivity index (χ0) is 19.2. The second-order valence-corrected chi connectivity index (χ2v) is 6.78. The first-order valence-electron chi connectivity index (χ1n) is 10.1. The van der Waals surface area contributed by atoms with Gasteiger partial charge in [0.05, 0.1) is 5.41 Å². The Labute approximate surface area is 155 Å². The average molecular weight is 347 g/mol. The molecule has 1 aromatic carbocycles. The highest BCUT2D eigenvalue weighted by molar-refractivity contribution is 6.08. The van der Waals surface area contributed by atoms with Crippen LogP contribution in [0.15, 0.2) is 24.3 Å². The number of para-hydroxylation sites is 1. The maximum Gasteiger partial charge on any atom is 0.237 e. The van der Waals surface area contributed by atoms with Crippen molar-refractivity contribution in [3.05, 3.63) is 29.8 Å². The minimum Gasteiger partial charge on any atom is -0.314 e. The molecule has 0 radical (unpaired) electrons. The highest BCUT2D eigenvalue weighted by Crippen LogP contribution is 2.50. The molecule has 1 fully saturated rings. The fraction of sp³-hybridized carbons (Fsp3) is 0.682. The molecule has 0 saturated carbocycles. The lowest BCUT2D eigenvalue weighted by molar-refractivity contribution is -0.124. The van der Waals surface area contributed by atoms with Crippen molar-refractivity contribution in [2.24, 2.45) is 5.92 Å². The Balaban J connectivity index is 0.000000730. The molecular formula is C22H38N2O. The number of nitrogens with zero attached hydrogens (tertiary/aromatic N) is 2. The van der Waals surface area contributed by atoms with Crippen LogP contribution in [-0.4, -0.2) is 37.0 Å². The van der Waals surface area contributed by atoms with Crippen LogP contribution in [0.3, 0.4) is 0 Å². The molecular weight excluding hydrogens is 308 g/mol. The smallest absolute Gasteiger partial charge is 0.237 e. The lowest BCUT2D eigenvalue weighted by Crippen LogP contribution is -2.45. The molecule has 142 valence electrons. The summed E-state index contributed by atoms with van der Waals surface area (Å²) in [6, 6.07) is 8.92. The molecule has 1 amide bonds. The lowest BCUT2D eigenvalue weighted by Gasteiger charge is -2.34. The number of likely N-dealkylation sites (tertiary alicyclic amines) is 1. The first kappa shape index (κ1) is 21.7. The largest absolute Gasteiger partial charge is 0.314 e. The molecule has 2 aliphatic rings. The number of fused-ring (bicyclic) bond motifs is 1. The van der Waals surface area contributed by atoms with Gasteiger partial charge < -0.3 is 9.80 Å². The van der Waals surface area contributed by atoms with E-state index in [0.717, 1.165) is 31.6 Å². The number of hydrogen-bond donors (Lipinski definition) is 0. The van der Waals surface area contributed by atoms with E-state index in [1.807, 2.05) is 45.7 Å². The third kappa shape index (κ3) is 3.62. The van der Waals surface area contributed by atoms with Gasteiger partial charge in [0.1, 0.15) is 0 Å². The minimum absolute atomic E-state index is 0.293. The predicted octanol–water partition coefficient (Wildman–Crippen LogP) is 5.09. The van der Waals surface area contributed by atoms with Gasteiger partial charge in [-0.25, -0.2) is 0 Å². The van der Waals surface area contributed by atoms with Crippen LogP contribution in [0.1, 0.15) is 66.9 Å². The van der Waals surface area contributed by atoms with Crippen molar-refractivity contribution in [2.75, 3.05) is 25.0 Å². The van der Waals surface area contributed by atoms with E-state index >= 15 is 0 Å². The number of benzene rings is 1. The third-order valence-corrected chi connectivity index (χ3v) is 5.64. The summed E-state index contributed by atoms with van der Waals surface area (Å²) >= 11 is 0. The Morgan fingerprint density at radius 2 is 1.76 bits per heavy atom. The highest BCUT2D eigenvalue weighted by Gasteiger charge is 2.54. The van der Waals surface area contributed by atoms with Gasteiger partial charge in [0.25, 0.3) is 0 Å². The van der Waals surface area contributed by atoms with Crippen molar-refractivity contribution < 1.29 is 4.79 Å². The van der Waals surface area contributed by atoms with Gasteiger partial charge in [-0.3, -0.25) is 4.79 Å². The Kier molecular flexibility index (Phi) is 8.14. The molecule has 2 atom stereocenters. The van der Waals surface area contributed by atoms with Gasteiger partial charge in [0.15, 0.2) is 0 Å². The summed E-state index contributed by atoms with van der Waals surface area (Å²) in [4.78, 5) is 17.5. The molecule has 2 unspecified atom stereocenters. The van der Waals surface area contributed by atoms with Crippen LogP contribution in [0.5, 0.6) is 0 Å². The van der Waals surface area contributed by atoms with Gasteiger partial charge in [0.2, 0.25) is 5.91 Å². The van der Waals surface area contributed by atoms with E-state index in [4.69, 9.17) is 0 Å². The zero-order valence-corrected chi connectivity index (χ0v) is 17.6. The fourth-order valence-electron chi connectivity index (χ4n) is 4.35. The summed E-state index contributed by atoms with van der Waals surface area (Å²) in [7, 11) is 1.92. The summed E-state index contributed by atoms with van der Waals surface area (Å²) in [6.07, 6.45) is 2.02. The SMILES string of the molecule is CC.CC.CCC1(C2CCN(C(C)C)C2)C(=O)N(C)c2ccccc21. The molecule has 0 N–H and O–H groups in total. The second kappa shape index (κ2) is 9.38. The van der Waals surface area contributed by atoms with E-state index in [1.54, 1.807) is 0 Å². The van der Waals surface area contributed by atoms with Gasteiger partial charge in [-0.1, -0.05) is 52.8 Å². The number of carbonyl (C=O) groups is 1. The van der Waals surface area contributed by atoms with Crippen molar-refractivity contribution in [3.8, 4) is 0 Å². The van der Waals surface area contributed by atoms with E-state index in [0.29, 0.717) is 17.9 Å². The first-order valence-corrected chi connectivity index (χ1v) is 10.1. The molecule has 3 rings (SSSR count). The molecule has 25 heavy (non-hydrogen) atoms. The molecule has 1 aromatic rings. The van der Waals surface area contributed by atoms with Crippen LogP contribution < -0.4 is 4.90 Å². The molecule has 0 spiro atoms. The molecule has 3 nitrogen and oxygen atoms in total. The van der Waals surface area contributed by atoms with E-state index < -0.39 is 0 Å². The summed E-state index contributed by atoms with van der Waals surface area (Å²) < 4.78 is 0.